The normalized spacial score (nSPS) is 12.2. The molecule has 8 nitrogen and oxygen atoms in total. The van der Waals surface area contributed by atoms with Gasteiger partial charge in [0.05, 0.1) is 25.0 Å². The van der Waals surface area contributed by atoms with Gasteiger partial charge in [-0.15, -0.1) is 0 Å². The summed E-state index contributed by atoms with van der Waals surface area (Å²) in [6.45, 7) is 0.452. The Hall–Kier alpha value is -1.64. The van der Waals surface area contributed by atoms with Gasteiger partial charge < -0.3 is 20.9 Å². The minimum atomic E-state index is -1.37. The highest BCUT2D eigenvalue weighted by Gasteiger charge is 2.13. The number of aromatic nitrogens is 2. The number of anilines is 1. The van der Waals surface area contributed by atoms with Crippen molar-refractivity contribution in [3.63, 3.8) is 0 Å². The van der Waals surface area contributed by atoms with Gasteiger partial charge in [-0.3, -0.25) is 9.59 Å². The average molecular weight is 291 g/mol. The molecule has 1 amide bonds. The predicted octanol–water partition coefficient (Wildman–Crippen LogP) is -1.20. The number of ether oxygens (including phenoxy) is 1. The number of nitrogens with one attached hydrogen (secondary N) is 1. The van der Waals surface area contributed by atoms with Crippen LogP contribution in [0.25, 0.3) is 0 Å². The quantitative estimate of drug-likeness (QED) is 0.580. The number of hydrogen-bond acceptors (Lipinski definition) is 6. The molecule has 0 aliphatic carbocycles. The van der Waals surface area contributed by atoms with Gasteiger partial charge in [0.25, 0.3) is 5.56 Å². The molecule has 1 heterocycles. The molecule has 0 spiro atoms. The van der Waals surface area contributed by atoms with Crippen LogP contribution >= 0.6 is 11.6 Å². The summed E-state index contributed by atoms with van der Waals surface area (Å²) in [5, 5.41) is 15.6. The summed E-state index contributed by atoms with van der Waals surface area (Å²) >= 11 is 5.87. The fourth-order valence-electron chi connectivity index (χ4n) is 1.23. The first kappa shape index (κ1) is 15.4. The SMILES string of the molecule is COCCn1ncc(NCC(O)C(N)=O)c(Cl)c1=O. The van der Waals surface area contributed by atoms with E-state index in [1.54, 1.807) is 0 Å². The van der Waals surface area contributed by atoms with Crippen molar-refractivity contribution in [2.75, 3.05) is 25.6 Å². The first-order valence-electron chi connectivity index (χ1n) is 5.43. The van der Waals surface area contributed by atoms with Crippen molar-refractivity contribution in [1.82, 2.24) is 9.78 Å². The third kappa shape index (κ3) is 4.19. The van der Waals surface area contributed by atoms with E-state index in [0.717, 1.165) is 4.68 Å². The number of primary amides is 1. The van der Waals surface area contributed by atoms with Crippen LogP contribution in [0, 0.1) is 0 Å². The molecule has 0 saturated carbocycles. The first-order chi connectivity index (χ1) is 8.97. The molecule has 0 radical (unpaired) electrons. The van der Waals surface area contributed by atoms with Gasteiger partial charge in [-0.2, -0.15) is 5.10 Å². The van der Waals surface area contributed by atoms with Gasteiger partial charge in [0.1, 0.15) is 11.1 Å². The molecular weight excluding hydrogens is 276 g/mol. The predicted molar refractivity (Wildman–Crippen MR) is 69.1 cm³/mol. The number of methoxy groups -OCH3 is 1. The smallest absolute Gasteiger partial charge is 0.287 e. The van der Waals surface area contributed by atoms with Crippen molar-refractivity contribution in [2.24, 2.45) is 5.73 Å². The fraction of sp³-hybridized carbons (Fsp3) is 0.500. The molecule has 0 aliphatic heterocycles. The first-order valence-corrected chi connectivity index (χ1v) is 5.81. The second kappa shape index (κ2) is 7.07. The molecule has 0 aromatic carbocycles. The van der Waals surface area contributed by atoms with Gasteiger partial charge in [-0.1, -0.05) is 11.6 Å². The number of carbonyl (C=O) groups is 1. The molecule has 0 bridgehead atoms. The van der Waals surface area contributed by atoms with E-state index in [1.165, 1.54) is 13.3 Å². The van der Waals surface area contributed by atoms with Crippen molar-refractivity contribution in [1.29, 1.82) is 0 Å². The van der Waals surface area contributed by atoms with Gasteiger partial charge in [0.15, 0.2) is 0 Å². The summed E-state index contributed by atoms with van der Waals surface area (Å²) in [7, 11) is 1.51. The van der Waals surface area contributed by atoms with Crippen molar-refractivity contribution < 1.29 is 14.6 Å². The van der Waals surface area contributed by atoms with E-state index >= 15 is 0 Å². The molecule has 1 atom stereocenters. The number of halogens is 1. The number of hydrogen-bond donors (Lipinski definition) is 3. The van der Waals surface area contributed by atoms with E-state index in [0.29, 0.717) is 6.61 Å². The molecular formula is C10H15ClN4O4. The van der Waals surface area contributed by atoms with Crippen LogP contribution in [0.2, 0.25) is 5.02 Å². The lowest BCUT2D eigenvalue weighted by molar-refractivity contribution is -0.125. The summed E-state index contributed by atoms with van der Waals surface area (Å²) < 4.78 is 5.99. The lowest BCUT2D eigenvalue weighted by atomic mass is 10.3. The van der Waals surface area contributed by atoms with Crippen LogP contribution in [0.15, 0.2) is 11.0 Å². The van der Waals surface area contributed by atoms with Crippen LogP contribution in [0.4, 0.5) is 5.69 Å². The van der Waals surface area contributed by atoms with Crippen molar-refractivity contribution in [3.8, 4) is 0 Å². The summed E-state index contributed by atoms with van der Waals surface area (Å²) in [6, 6.07) is 0. The van der Waals surface area contributed by atoms with E-state index in [1.807, 2.05) is 0 Å². The minimum absolute atomic E-state index is 0.0808. The topological polar surface area (TPSA) is 119 Å². The van der Waals surface area contributed by atoms with Gasteiger partial charge in [0.2, 0.25) is 5.91 Å². The molecule has 1 aromatic heterocycles. The van der Waals surface area contributed by atoms with Crippen molar-refractivity contribution in [3.05, 3.63) is 21.6 Å². The number of aliphatic hydroxyl groups is 1. The molecule has 0 aliphatic rings. The second-order valence-corrected chi connectivity index (χ2v) is 4.07. The standard InChI is InChI=1S/C10H15ClN4O4/c1-19-3-2-15-10(18)8(11)6(4-14-15)13-5-7(16)9(12)17/h4,7,13,16H,2-3,5H2,1H3,(H2,12,17). The molecule has 0 saturated heterocycles. The minimum Gasteiger partial charge on any atom is -0.383 e. The molecule has 19 heavy (non-hydrogen) atoms. The lowest BCUT2D eigenvalue weighted by Gasteiger charge is -2.11. The Bertz CT molecular complexity index is 505. The third-order valence-corrected chi connectivity index (χ3v) is 2.67. The number of aliphatic hydroxyl groups excluding tert-OH is 1. The highest BCUT2D eigenvalue weighted by Crippen LogP contribution is 2.14. The van der Waals surface area contributed by atoms with Gasteiger partial charge >= 0.3 is 0 Å². The Kier molecular flexibility index (Phi) is 5.74. The van der Waals surface area contributed by atoms with E-state index < -0.39 is 17.6 Å². The Labute approximate surface area is 114 Å². The highest BCUT2D eigenvalue weighted by molar-refractivity contribution is 6.32. The highest BCUT2D eigenvalue weighted by atomic mass is 35.5. The zero-order valence-electron chi connectivity index (χ0n) is 10.3. The summed E-state index contributed by atoms with van der Waals surface area (Å²) in [5.41, 5.74) is 4.62. The third-order valence-electron chi connectivity index (χ3n) is 2.31. The van der Waals surface area contributed by atoms with Crippen LogP contribution in [0.1, 0.15) is 0 Å². The fourth-order valence-corrected chi connectivity index (χ4v) is 1.45. The molecule has 1 unspecified atom stereocenters. The van der Waals surface area contributed by atoms with Gasteiger partial charge in [-0.25, -0.2) is 4.68 Å². The van der Waals surface area contributed by atoms with Gasteiger partial charge in [-0.05, 0) is 0 Å². The molecule has 9 heteroatoms. The maximum Gasteiger partial charge on any atom is 0.287 e. The van der Waals surface area contributed by atoms with Crippen LogP contribution in [-0.2, 0) is 16.1 Å². The lowest BCUT2D eigenvalue weighted by Crippen LogP contribution is -2.35. The van der Waals surface area contributed by atoms with Crippen molar-refractivity contribution >= 4 is 23.2 Å². The Balaban J connectivity index is 2.79. The summed E-state index contributed by atoms with van der Waals surface area (Å²) in [6.07, 6.45) is -0.0420. The largest absolute Gasteiger partial charge is 0.383 e. The molecule has 106 valence electrons. The Morgan fingerprint density at radius 3 is 3.00 bits per heavy atom. The molecule has 1 rings (SSSR count). The maximum atomic E-state index is 11.8. The summed E-state index contributed by atoms with van der Waals surface area (Å²) in [5.74, 6) is -0.870. The molecule has 4 N–H and O–H groups in total. The zero-order chi connectivity index (χ0) is 14.4. The molecule has 1 aromatic rings. The van der Waals surface area contributed by atoms with Crippen molar-refractivity contribution in [2.45, 2.75) is 12.6 Å². The second-order valence-electron chi connectivity index (χ2n) is 3.69. The number of nitrogens with zero attached hydrogens (tertiary/aromatic N) is 2. The van der Waals surface area contributed by atoms with E-state index in [2.05, 4.69) is 10.4 Å². The van der Waals surface area contributed by atoms with Crippen LogP contribution in [0.5, 0.6) is 0 Å². The van der Waals surface area contributed by atoms with Crippen LogP contribution in [-0.4, -0.2) is 47.2 Å². The number of rotatable bonds is 7. The summed E-state index contributed by atoms with van der Waals surface area (Å²) in [4.78, 5) is 22.4. The Morgan fingerprint density at radius 1 is 1.74 bits per heavy atom. The number of amides is 1. The van der Waals surface area contributed by atoms with E-state index in [-0.39, 0.29) is 23.8 Å². The number of carbonyl (C=O) groups excluding carboxylic acids is 1. The van der Waals surface area contributed by atoms with Crippen LogP contribution in [0.3, 0.4) is 0 Å². The Morgan fingerprint density at radius 2 is 2.42 bits per heavy atom. The van der Waals surface area contributed by atoms with Gasteiger partial charge in [0, 0.05) is 13.7 Å². The average Bonchev–Trinajstić information content (AvgIpc) is 2.38. The van der Waals surface area contributed by atoms with E-state index in [4.69, 9.17) is 22.1 Å². The number of nitrogens with two attached hydrogens (primary N) is 1. The molecule has 0 fully saturated rings. The van der Waals surface area contributed by atoms with E-state index in [9.17, 15) is 14.7 Å². The zero-order valence-corrected chi connectivity index (χ0v) is 11.1. The maximum absolute atomic E-state index is 11.8. The monoisotopic (exact) mass is 290 g/mol. The van der Waals surface area contributed by atoms with Crippen LogP contribution < -0.4 is 16.6 Å².